The summed E-state index contributed by atoms with van der Waals surface area (Å²) in [4.78, 5) is 12.2. The Bertz CT molecular complexity index is 622. The number of hydrogen-bond acceptors (Lipinski definition) is 2. The van der Waals surface area contributed by atoms with Crippen LogP contribution in [0.5, 0.6) is 0 Å². The maximum absolute atomic E-state index is 12.2. The Morgan fingerprint density at radius 3 is 2.79 bits per heavy atom. The normalized spacial score (nSPS) is 10.7. The quantitative estimate of drug-likeness (QED) is 0.792. The molecule has 2 aromatic rings. The molecule has 0 aliphatic heterocycles. The van der Waals surface area contributed by atoms with Crippen molar-refractivity contribution in [1.29, 1.82) is 0 Å². The van der Waals surface area contributed by atoms with Crippen molar-refractivity contribution in [3.05, 3.63) is 50.7 Å². The summed E-state index contributed by atoms with van der Waals surface area (Å²) in [5.74, 6) is 0.0360. The van der Waals surface area contributed by atoms with Crippen molar-refractivity contribution in [2.24, 2.45) is 7.05 Å². The van der Waals surface area contributed by atoms with Gasteiger partial charge in [0.25, 0.3) is 0 Å². The number of carbonyl (C=O) groups excluding carboxylic acids is 1. The van der Waals surface area contributed by atoms with Gasteiger partial charge in [-0.2, -0.15) is 5.10 Å². The van der Waals surface area contributed by atoms with E-state index in [4.69, 9.17) is 11.6 Å². The number of rotatable bonds is 4. The van der Waals surface area contributed by atoms with Gasteiger partial charge >= 0.3 is 0 Å². The molecule has 0 saturated carbocycles. The lowest BCUT2D eigenvalue weighted by Crippen LogP contribution is -2.08. The lowest BCUT2D eigenvalue weighted by Gasteiger charge is -2.03. The number of Topliss-reactive ketones (excluding diaryl/α,β-unsaturated/α-hetero) is 1. The van der Waals surface area contributed by atoms with E-state index >= 15 is 0 Å². The van der Waals surface area contributed by atoms with E-state index in [9.17, 15) is 4.79 Å². The summed E-state index contributed by atoms with van der Waals surface area (Å²) in [7, 11) is 1.85. The predicted molar refractivity (Wildman–Crippen MR) is 79.8 cm³/mol. The lowest BCUT2D eigenvalue weighted by molar-refractivity contribution is 0.0990. The number of benzene rings is 1. The summed E-state index contributed by atoms with van der Waals surface area (Å²) in [6.45, 7) is 2.04. The fraction of sp³-hybridized carbons (Fsp3) is 0.286. The minimum absolute atomic E-state index is 0.0360. The first-order valence-corrected chi connectivity index (χ1v) is 7.19. The summed E-state index contributed by atoms with van der Waals surface area (Å²) >= 11 is 9.42. The molecule has 1 aromatic carbocycles. The maximum atomic E-state index is 12.2. The Kier molecular flexibility index (Phi) is 4.42. The van der Waals surface area contributed by atoms with Gasteiger partial charge < -0.3 is 0 Å². The molecule has 5 heteroatoms. The van der Waals surface area contributed by atoms with Crippen LogP contribution in [-0.4, -0.2) is 15.6 Å². The Balaban J connectivity index is 2.27. The van der Waals surface area contributed by atoms with Crippen molar-refractivity contribution in [3.63, 3.8) is 0 Å². The van der Waals surface area contributed by atoms with Crippen LogP contribution in [0.1, 0.15) is 28.7 Å². The van der Waals surface area contributed by atoms with Gasteiger partial charge in [-0.1, -0.05) is 30.7 Å². The highest BCUT2D eigenvalue weighted by Gasteiger charge is 2.16. The predicted octanol–water partition coefficient (Wildman–Crippen LogP) is 3.82. The summed E-state index contributed by atoms with van der Waals surface area (Å²) < 4.78 is 2.68. The second kappa shape index (κ2) is 5.88. The smallest absolute Gasteiger partial charge is 0.168 e. The molecule has 0 saturated heterocycles. The van der Waals surface area contributed by atoms with Crippen molar-refractivity contribution in [1.82, 2.24) is 9.78 Å². The average Bonchev–Trinajstić information content (AvgIpc) is 2.66. The summed E-state index contributed by atoms with van der Waals surface area (Å²) in [5.41, 5.74) is 2.48. The standard InChI is InChI=1S/C14H14BrClN2O/c1-3-11-14(15)12(18(2)17-11)8-13(19)9-5-4-6-10(16)7-9/h4-7H,3,8H2,1-2H3. The topological polar surface area (TPSA) is 34.9 Å². The van der Waals surface area contributed by atoms with E-state index in [-0.39, 0.29) is 5.78 Å². The first-order chi connectivity index (χ1) is 9.02. The molecule has 0 aliphatic carbocycles. The third-order valence-corrected chi connectivity index (χ3v) is 4.13. The second-order valence-electron chi connectivity index (χ2n) is 4.29. The molecule has 0 radical (unpaired) electrons. The third-order valence-electron chi connectivity index (χ3n) is 2.98. The molecule has 3 nitrogen and oxygen atoms in total. The molecule has 19 heavy (non-hydrogen) atoms. The van der Waals surface area contributed by atoms with E-state index in [0.717, 1.165) is 22.3 Å². The summed E-state index contributed by atoms with van der Waals surface area (Å²) in [6.07, 6.45) is 1.14. The Hall–Kier alpha value is -1.13. The van der Waals surface area contributed by atoms with Gasteiger partial charge in [-0.15, -0.1) is 0 Å². The van der Waals surface area contributed by atoms with Gasteiger partial charge in [0.1, 0.15) is 0 Å². The van der Waals surface area contributed by atoms with E-state index in [1.54, 1.807) is 28.9 Å². The SMILES string of the molecule is CCc1nn(C)c(CC(=O)c2cccc(Cl)c2)c1Br. The van der Waals surface area contributed by atoms with Crippen LogP contribution in [0, 0.1) is 0 Å². The monoisotopic (exact) mass is 340 g/mol. The minimum Gasteiger partial charge on any atom is -0.294 e. The number of aryl methyl sites for hydroxylation is 2. The molecule has 1 aromatic heterocycles. The van der Waals surface area contributed by atoms with Crippen LogP contribution in [-0.2, 0) is 19.9 Å². The molecule has 0 amide bonds. The zero-order valence-electron chi connectivity index (χ0n) is 10.8. The van der Waals surface area contributed by atoms with E-state index in [2.05, 4.69) is 21.0 Å². The van der Waals surface area contributed by atoms with Gasteiger partial charge in [0.05, 0.1) is 22.3 Å². The van der Waals surface area contributed by atoms with Crippen molar-refractivity contribution in [2.75, 3.05) is 0 Å². The molecule has 0 spiro atoms. The molecule has 2 rings (SSSR count). The third kappa shape index (κ3) is 3.07. The number of carbonyl (C=O) groups is 1. The number of ketones is 1. The Morgan fingerprint density at radius 1 is 1.47 bits per heavy atom. The van der Waals surface area contributed by atoms with Gasteiger partial charge in [0.15, 0.2) is 5.78 Å². The molecule has 0 fully saturated rings. The highest BCUT2D eigenvalue weighted by atomic mass is 79.9. The number of nitrogens with zero attached hydrogens (tertiary/aromatic N) is 2. The van der Waals surface area contributed by atoms with Crippen LogP contribution in [0.25, 0.3) is 0 Å². The zero-order chi connectivity index (χ0) is 14.0. The number of hydrogen-bond donors (Lipinski definition) is 0. The van der Waals surface area contributed by atoms with Gasteiger partial charge in [0, 0.05) is 17.6 Å². The Labute approximate surface area is 125 Å². The molecule has 0 unspecified atom stereocenters. The fourth-order valence-corrected chi connectivity index (χ4v) is 2.87. The van der Waals surface area contributed by atoms with Gasteiger partial charge in [0.2, 0.25) is 0 Å². The number of halogens is 2. The first-order valence-electron chi connectivity index (χ1n) is 6.02. The van der Waals surface area contributed by atoms with Gasteiger partial charge in [-0.3, -0.25) is 9.48 Å². The highest BCUT2D eigenvalue weighted by molar-refractivity contribution is 9.10. The molecular weight excluding hydrogens is 328 g/mol. The van der Waals surface area contributed by atoms with Crippen LogP contribution in [0.2, 0.25) is 5.02 Å². The van der Waals surface area contributed by atoms with Crippen molar-refractivity contribution in [3.8, 4) is 0 Å². The molecule has 0 aliphatic rings. The summed E-state index contributed by atoms with van der Waals surface area (Å²) in [5, 5.41) is 4.96. The fourth-order valence-electron chi connectivity index (χ4n) is 1.93. The molecule has 0 N–H and O–H groups in total. The van der Waals surface area contributed by atoms with Gasteiger partial charge in [-0.25, -0.2) is 0 Å². The van der Waals surface area contributed by atoms with Crippen molar-refractivity contribution in [2.45, 2.75) is 19.8 Å². The van der Waals surface area contributed by atoms with E-state index < -0.39 is 0 Å². The summed E-state index contributed by atoms with van der Waals surface area (Å²) in [6, 6.07) is 7.01. The van der Waals surface area contributed by atoms with Crippen LogP contribution in [0.15, 0.2) is 28.7 Å². The van der Waals surface area contributed by atoms with E-state index in [0.29, 0.717) is 17.0 Å². The number of aromatic nitrogens is 2. The van der Waals surface area contributed by atoms with E-state index in [1.165, 1.54) is 0 Å². The van der Waals surface area contributed by atoms with E-state index in [1.807, 2.05) is 14.0 Å². The lowest BCUT2D eigenvalue weighted by atomic mass is 10.1. The molecule has 1 heterocycles. The molecule has 0 bridgehead atoms. The minimum atomic E-state index is 0.0360. The van der Waals surface area contributed by atoms with Crippen molar-refractivity contribution < 1.29 is 4.79 Å². The van der Waals surface area contributed by atoms with Crippen LogP contribution < -0.4 is 0 Å². The molecule has 0 atom stereocenters. The largest absolute Gasteiger partial charge is 0.294 e. The first kappa shape index (κ1) is 14.3. The second-order valence-corrected chi connectivity index (χ2v) is 5.52. The zero-order valence-corrected chi connectivity index (χ0v) is 13.1. The highest BCUT2D eigenvalue weighted by Crippen LogP contribution is 2.23. The average molecular weight is 342 g/mol. The van der Waals surface area contributed by atoms with Crippen LogP contribution in [0.4, 0.5) is 0 Å². The maximum Gasteiger partial charge on any atom is 0.168 e. The Morgan fingerprint density at radius 2 is 2.21 bits per heavy atom. The van der Waals surface area contributed by atoms with Crippen LogP contribution in [0.3, 0.4) is 0 Å². The molecular formula is C14H14BrClN2O. The van der Waals surface area contributed by atoms with Crippen LogP contribution >= 0.6 is 27.5 Å². The van der Waals surface area contributed by atoms with Gasteiger partial charge in [-0.05, 0) is 34.5 Å². The molecule has 100 valence electrons. The van der Waals surface area contributed by atoms with Crippen molar-refractivity contribution >= 4 is 33.3 Å².